The highest BCUT2D eigenvalue weighted by atomic mass is 32.2. The molecule has 0 spiro atoms. The predicted octanol–water partition coefficient (Wildman–Crippen LogP) is 1.90. The maximum Gasteiger partial charge on any atom is 0.390 e. The Hall–Kier alpha value is -1.19. The minimum Gasteiger partial charge on any atom is -0.326 e. The molecular formula is C11H14F4N2O2S. The molecule has 20 heavy (non-hydrogen) atoms. The zero-order chi connectivity index (χ0) is 15.6. The van der Waals surface area contributed by atoms with Crippen molar-refractivity contribution in [1.82, 2.24) is 4.72 Å². The molecule has 0 radical (unpaired) electrons. The average Bonchev–Trinajstić information content (AvgIpc) is 2.24. The molecule has 4 nitrogen and oxygen atoms in total. The summed E-state index contributed by atoms with van der Waals surface area (Å²) >= 11 is 0. The lowest BCUT2D eigenvalue weighted by molar-refractivity contribution is -0.137. The maximum absolute atomic E-state index is 13.6. The number of halogens is 4. The Labute approximate surface area is 114 Å². The summed E-state index contributed by atoms with van der Waals surface area (Å²) in [5.74, 6) is -1.06. The van der Waals surface area contributed by atoms with Gasteiger partial charge in [-0.2, -0.15) is 13.2 Å². The van der Waals surface area contributed by atoms with Crippen molar-refractivity contribution in [2.45, 2.75) is 37.0 Å². The van der Waals surface area contributed by atoms with E-state index in [9.17, 15) is 26.0 Å². The van der Waals surface area contributed by atoms with Crippen molar-refractivity contribution < 1.29 is 26.0 Å². The molecule has 0 fully saturated rings. The zero-order valence-electron chi connectivity index (χ0n) is 10.5. The number of alkyl halides is 3. The molecule has 1 aromatic rings. The molecule has 1 atom stereocenters. The second-order valence-corrected chi connectivity index (χ2v) is 5.99. The van der Waals surface area contributed by atoms with Crippen molar-refractivity contribution >= 4 is 10.0 Å². The summed E-state index contributed by atoms with van der Waals surface area (Å²) in [7, 11) is -4.35. The predicted molar refractivity (Wildman–Crippen MR) is 64.7 cm³/mol. The van der Waals surface area contributed by atoms with Crippen molar-refractivity contribution in [3.8, 4) is 0 Å². The quantitative estimate of drug-likeness (QED) is 0.815. The van der Waals surface area contributed by atoms with E-state index in [4.69, 9.17) is 5.73 Å². The van der Waals surface area contributed by atoms with E-state index in [-0.39, 0.29) is 6.54 Å². The number of nitrogens with two attached hydrogens (primary N) is 1. The topological polar surface area (TPSA) is 72.2 Å². The van der Waals surface area contributed by atoms with Gasteiger partial charge in [0.1, 0.15) is 10.7 Å². The van der Waals surface area contributed by atoms with Gasteiger partial charge in [0.25, 0.3) is 0 Å². The highest BCUT2D eigenvalue weighted by Gasteiger charge is 2.32. The van der Waals surface area contributed by atoms with Gasteiger partial charge in [-0.15, -0.1) is 0 Å². The molecule has 0 heterocycles. The Balaban J connectivity index is 2.94. The minimum atomic E-state index is -4.51. The molecule has 1 aromatic carbocycles. The summed E-state index contributed by atoms with van der Waals surface area (Å²) in [6.45, 7) is 1.08. The molecule has 0 saturated carbocycles. The highest BCUT2D eigenvalue weighted by Crippen LogP contribution is 2.23. The first kappa shape index (κ1) is 16.9. The molecule has 114 valence electrons. The highest BCUT2D eigenvalue weighted by molar-refractivity contribution is 7.89. The molecule has 3 N–H and O–H groups in total. The van der Waals surface area contributed by atoms with Gasteiger partial charge in [0.15, 0.2) is 0 Å². The third-order valence-corrected chi connectivity index (χ3v) is 4.04. The van der Waals surface area contributed by atoms with Gasteiger partial charge < -0.3 is 5.73 Å². The van der Waals surface area contributed by atoms with Gasteiger partial charge >= 0.3 is 6.18 Å². The molecule has 0 saturated heterocycles. The first-order valence-corrected chi connectivity index (χ1v) is 7.11. The summed E-state index contributed by atoms with van der Waals surface area (Å²) in [4.78, 5) is -0.705. The van der Waals surface area contributed by atoms with E-state index < -0.39 is 39.4 Å². The Morgan fingerprint density at radius 1 is 1.35 bits per heavy atom. The van der Waals surface area contributed by atoms with Crippen molar-refractivity contribution in [3.05, 3.63) is 29.6 Å². The number of hydrogen-bond acceptors (Lipinski definition) is 3. The number of nitrogens with one attached hydrogen (secondary N) is 1. The van der Waals surface area contributed by atoms with Gasteiger partial charge in [0.2, 0.25) is 10.0 Å². The van der Waals surface area contributed by atoms with E-state index in [1.54, 1.807) is 4.72 Å². The molecule has 0 aliphatic carbocycles. The molecule has 1 rings (SSSR count). The van der Waals surface area contributed by atoms with Crippen LogP contribution in [0.3, 0.4) is 0 Å². The lowest BCUT2D eigenvalue weighted by Crippen LogP contribution is -2.36. The van der Waals surface area contributed by atoms with E-state index in [0.717, 1.165) is 19.1 Å². The molecule has 0 aliphatic rings. The van der Waals surface area contributed by atoms with Gasteiger partial charge in [-0.3, -0.25) is 0 Å². The van der Waals surface area contributed by atoms with Gasteiger partial charge in [-0.25, -0.2) is 17.5 Å². The van der Waals surface area contributed by atoms with Crippen molar-refractivity contribution in [3.63, 3.8) is 0 Å². The lowest BCUT2D eigenvalue weighted by atomic mass is 10.2. The van der Waals surface area contributed by atoms with Crippen LogP contribution in [0.15, 0.2) is 23.1 Å². The van der Waals surface area contributed by atoms with Gasteiger partial charge in [-0.1, -0.05) is 6.07 Å². The number of rotatable bonds is 5. The average molecular weight is 314 g/mol. The summed E-state index contributed by atoms with van der Waals surface area (Å²) in [5.41, 5.74) is 5.65. The van der Waals surface area contributed by atoms with Crippen LogP contribution in [-0.2, 0) is 16.6 Å². The van der Waals surface area contributed by atoms with Crippen molar-refractivity contribution in [2.75, 3.05) is 0 Å². The van der Waals surface area contributed by atoms with Gasteiger partial charge in [0.05, 0.1) is 6.42 Å². The summed E-state index contributed by atoms with van der Waals surface area (Å²) in [6, 6.07) is 1.81. The molecule has 0 bridgehead atoms. The molecular weight excluding hydrogens is 300 g/mol. The van der Waals surface area contributed by atoms with E-state index in [0.29, 0.717) is 5.56 Å². The third-order valence-electron chi connectivity index (χ3n) is 2.42. The first-order chi connectivity index (χ1) is 9.05. The zero-order valence-corrected chi connectivity index (χ0v) is 11.4. The van der Waals surface area contributed by atoms with Gasteiger partial charge in [-0.05, 0) is 24.6 Å². The largest absolute Gasteiger partial charge is 0.390 e. The van der Waals surface area contributed by atoms with Crippen LogP contribution in [0.4, 0.5) is 17.6 Å². The van der Waals surface area contributed by atoms with E-state index in [1.807, 2.05) is 0 Å². The Morgan fingerprint density at radius 2 is 1.95 bits per heavy atom. The van der Waals surface area contributed by atoms with Crippen LogP contribution in [0.25, 0.3) is 0 Å². The summed E-state index contributed by atoms with van der Waals surface area (Å²) in [6.07, 6.45) is -5.85. The van der Waals surface area contributed by atoms with Crippen LogP contribution in [0.2, 0.25) is 0 Å². The smallest absolute Gasteiger partial charge is 0.326 e. The van der Waals surface area contributed by atoms with Crippen LogP contribution in [-0.4, -0.2) is 20.6 Å². The third kappa shape index (κ3) is 4.73. The van der Waals surface area contributed by atoms with E-state index in [2.05, 4.69) is 0 Å². The van der Waals surface area contributed by atoms with Crippen LogP contribution >= 0.6 is 0 Å². The molecule has 0 amide bonds. The Bertz CT molecular complexity index is 572. The van der Waals surface area contributed by atoms with Crippen LogP contribution < -0.4 is 10.5 Å². The molecule has 0 aliphatic heterocycles. The first-order valence-electron chi connectivity index (χ1n) is 5.63. The van der Waals surface area contributed by atoms with Crippen LogP contribution in [0.1, 0.15) is 18.9 Å². The van der Waals surface area contributed by atoms with Crippen molar-refractivity contribution in [1.29, 1.82) is 0 Å². The van der Waals surface area contributed by atoms with Crippen LogP contribution in [0.5, 0.6) is 0 Å². The fourth-order valence-corrected chi connectivity index (χ4v) is 2.91. The monoisotopic (exact) mass is 314 g/mol. The fraction of sp³-hybridized carbons (Fsp3) is 0.455. The normalized spacial score (nSPS) is 14.3. The Kier molecular flexibility index (Phi) is 5.11. The molecule has 0 aromatic heterocycles. The summed E-state index contributed by atoms with van der Waals surface area (Å²) < 4.78 is 75.4. The van der Waals surface area contributed by atoms with E-state index >= 15 is 0 Å². The minimum absolute atomic E-state index is 0.0230. The molecule has 9 heteroatoms. The fourth-order valence-electron chi connectivity index (χ4n) is 1.61. The summed E-state index contributed by atoms with van der Waals surface area (Å²) in [5, 5.41) is 0. The number of sulfonamides is 1. The number of hydrogen-bond donors (Lipinski definition) is 2. The lowest BCUT2D eigenvalue weighted by Gasteiger charge is -2.16. The Morgan fingerprint density at radius 3 is 2.40 bits per heavy atom. The van der Waals surface area contributed by atoms with Gasteiger partial charge in [0, 0.05) is 12.6 Å². The standard InChI is InChI=1S/C11H14F4N2O2S/c1-7(5-11(13,14)15)17-20(18,19)10-3-2-8(6-16)4-9(10)12/h2-4,7,17H,5-6,16H2,1H3. The SMILES string of the molecule is CC(CC(F)(F)F)NS(=O)(=O)c1ccc(CN)cc1F. The maximum atomic E-state index is 13.6. The van der Waals surface area contributed by atoms with Crippen LogP contribution in [0, 0.1) is 5.82 Å². The van der Waals surface area contributed by atoms with E-state index in [1.165, 1.54) is 6.07 Å². The van der Waals surface area contributed by atoms with Crippen molar-refractivity contribution in [2.24, 2.45) is 5.73 Å². The number of benzene rings is 1. The second kappa shape index (κ2) is 6.06. The molecule has 1 unspecified atom stereocenters. The second-order valence-electron chi connectivity index (χ2n) is 4.31.